The van der Waals surface area contributed by atoms with Crippen molar-refractivity contribution in [2.45, 2.75) is 25.7 Å². The van der Waals surface area contributed by atoms with Crippen LogP contribution in [0.5, 0.6) is 0 Å². The minimum absolute atomic E-state index is 0.00217. The maximum atomic E-state index is 12.0. The lowest BCUT2D eigenvalue weighted by Gasteiger charge is -2.27. The number of nitrogens with zero attached hydrogens (tertiary/aromatic N) is 1. The Kier molecular flexibility index (Phi) is 5.94. The largest absolute Gasteiger partial charge is 0.481 e. The number of aliphatic carboxylic acids is 1. The molecule has 0 aromatic rings. The van der Waals surface area contributed by atoms with Crippen molar-refractivity contribution in [3.63, 3.8) is 0 Å². The summed E-state index contributed by atoms with van der Waals surface area (Å²) in [4.78, 5) is 23.1. The van der Waals surface area contributed by atoms with Gasteiger partial charge in [-0.2, -0.15) is 0 Å². The van der Waals surface area contributed by atoms with Crippen molar-refractivity contribution in [3.8, 4) is 0 Å². The molecule has 1 rings (SSSR count). The van der Waals surface area contributed by atoms with E-state index in [9.17, 15) is 18.0 Å². The van der Waals surface area contributed by atoms with Crippen LogP contribution in [0, 0.1) is 11.8 Å². The number of hydrogen-bond acceptors (Lipinski definition) is 4. The topological polar surface area (TPSA) is 104 Å². The van der Waals surface area contributed by atoms with E-state index < -0.39 is 27.8 Å². The first-order valence-corrected chi connectivity index (χ1v) is 8.27. The summed E-state index contributed by atoms with van der Waals surface area (Å²) in [5.41, 5.74) is 0. The molecule has 2 N–H and O–H groups in total. The average molecular weight is 306 g/mol. The first-order valence-electron chi connectivity index (χ1n) is 6.66. The van der Waals surface area contributed by atoms with Crippen LogP contribution in [-0.4, -0.2) is 56.1 Å². The zero-order valence-electron chi connectivity index (χ0n) is 11.8. The lowest BCUT2D eigenvalue weighted by atomic mass is 9.79. The van der Waals surface area contributed by atoms with E-state index in [1.54, 1.807) is 0 Å². The SMILES string of the molecule is CN(C)S(=O)(=O)CCNC(=O)[C@@H]1CCCC[C@@H]1C(=O)O. The van der Waals surface area contributed by atoms with E-state index in [2.05, 4.69) is 5.32 Å². The van der Waals surface area contributed by atoms with Gasteiger partial charge in [0.15, 0.2) is 0 Å². The van der Waals surface area contributed by atoms with Crippen molar-refractivity contribution < 1.29 is 23.1 Å². The van der Waals surface area contributed by atoms with Gasteiger partial charge >= 0.3 is 5.97 Å². The Morgan fingerprint density at radius 1 is 1.20 bits per heavy atom. The summed E-state index contributed by atoms with van der Waals surface area (Å²) < 4.78 is 24.2. The van der Waals surface area contributed by atoms with E-state index >= 15 is 0 Å². The van der Waals surface area contributed by atoms with Crippen molar-refractivity contribution in [3.05, 3.63) is 0 Å². The van der Waals surface area contributed by atoms with Crippen molar-refractivity contribution >= 4 is 21.9 Å². The molecule has 8 heteroatoms. The first-order chi connectivity index (χ1) is 9.25. The van der Waals surface area contributed by atoms with E-state index in [0.717, 1.165) is 17.1 Å². The minimum atomic E-state index is -3.35. The van der Waals surface area contributed by atoms with E-state index in [0.29, 0.717) is 12.8 Å². The Bertz CT molecular complexity index is 460. The number of amides is 1. The van der Waals surface area contributed by atoms with Crippen LogP contribution in [0.15, 0.2) is 0 Å². The molecule has 2 atom stereocenters. The molecular formula is C12H22N2O5S. The van der Waals surface area contributed by atoms with Gasteiger partial charge in [-0.15, -0.1) is 0 Å². The molecule has 1 fully saturated rings. The van der Waals surface area contributed by atoms with E-state index in [1.165, 1.54) is 14.1 Å². The van der Waals surface area contributed by atoms with Gasteiger partial charge in [0.05, 0.1) is 17.6 Å². The predicted molar refractivity (Wildman–Crippen MR) is 73.6 cm³/mol. The summed E-state index contributed by atoms with van der Waals surface area (Å²) in [5, 5.41) is 11.6. The molecule has 116 valence electrons. The summed E-state index contributed by atoms with van der Waals surface area (Å²) in [6.07, 6.45) is 2.69. The number of hydrogen-bond donors (Lipinski definition) is 2. The normalized spacial score (nSPS) is 23.6. The highest BCUT2D eigenvalue weighted by atomic mass is 32.2. The second-order valence-corrected chi connectivity index (χ2v) is 7.53. The van der Waals surface area contributed by atoms with E-state index in [4.69, 9.17) is 5.11 Å². The molecule has 0 aliphatic heterocycles. The smallest absolute Gasteiger partial charge is 0.307 e. The summed E-state index contributed by atoms with van der Waals surface area (Å²) >= 11 is 0. The van der Waals surface area contributed by atoms with Gasteiger partial charge in [-0.25, -0.2) is 12.7 Å². The maximum absolute atomic E-state index is 12.0. The molecule has 0 aromatic carbocycles. The number of rotatable bonds is 6. The fourth-order valence-electron chi connectivity index (χ4n) is 2.36. The van der Waals surface area contributed by atoms with Gasteiger partial charge < -0.3 is 10.4 Å². The van der Waals surface area contributed by atoms with Gasteiger partial charge in [-0.3, -0.25) is 9.59 Å². The van der Waals surface area contributed by atoms with Crippen LogP contribution in [-0.2, 0) is 19.6 Å². The third kappa shape index (κ3) is 4.45. The standard InChI is InChI=1S/C12H22N2O5S/c1-14(2)20(18,19)8-7-13-11(15)9-5-3-4-6-10(9)12(16)17/h9-10H,3-8H2,1-2H3,(H,13,15)(H,16,17)/t9-,10+/m1/s1. The number of sulfonamides is 1. The fourth-order valence-corrected chi connectivity index (χ4v) is 3.08. The van der Waals surface area contributed by atoms with Crippen LogP contribution >= 0.6 is 0 Å². The van der Waals surface area contributed by atoms with Crippen LogP contribution in [0.2, 0.25) is 0 Å². The summed E-state index contributed by atoms with van der Waals surface area (Å²) in [6.45, 7) is 0.00217. The van der Waals surface area contributed by atoms with Gasteiger partial charge in [0.1, 0.15) is 0 Å². The van der Waals surface area contributed by atoms with Gasteiger partial charge in [0, 0.05) is 20.6 Å². The zero-order valence-corrected chi connectivity index (χ0v) is 12.6. The van der Waals surface area contributed by atoms with E-state index in [-0.39, 0.29) is 18.2 Å². The van der Waals surface area contributed by atoms with Crippen molar-refractivity contribution in [2.75, 3.05) is 26.4 Å². The molecule has 0 saturated heterocycles. The highest BCUT2D eigenvalue weighted by Gasteiger charge is 2.35. The molecule has 0 heterocycles. The second kappa shape index (κ2) is 7.03. The lowest BCUT2D eigenvalue weighted by molar-refractivity contribution is -0.148. The summed E-state index contributed by atoms with van der Waals surface area (Å²) in [7, 11) is -0.494. The summed E-state index contributed by atoms with van der Waals surface area (Å²) in [5.74, 6) is -2.70. The molecule has 0 aromatic heterocycles. The Labute approximate surface area is 119 Å². The first kappa shape index (κ1) is 16.9. The van der Waals surface area contributed by atoms with Crippen LogP contribution in [0.25, 0.3) is 0 Å². The van der Waals surface area contributed by atoms with Crippen LogP contribution in [0.4, 0.5) is 0 Å². The number of nitrogens with one attached hydrogen (secondary N) is 1. The molecule has 0 spiro atoms. The number of carboxylic acids is 1. The highest BCUT2D eigenvalue weighted by molar-refractivity contribution is 7.89. The number of carbonyl (C=O) groups is 2. The van der Waals surface area contributed by atoms with Gasteiger partial charge in [0.2, 0.25) is 15.9 Å². The quantitative estimate of drug-likeness (QED) is 0.712. The third-order valence-electron chi connectivity index (χ3n) is 3.64. The Morgan fingerprint density at radius 3 is 2.25 bits per heavy atom. The lowest BCUT2D eigenvalue weighted by Crippen LogP contribution is -2.42. The molecule has 0 unspecified atom stereocenters. The van der Waals surface area contributed by atoms with Crippen LogP contribution in [0.1, 0.15) is 25.7 Å². The molecule has 1 saturated carbocycles. The molecule has 20 heavy (non-hydrogen) atoms. The minimum Gasteiger partial charge on any atom is -0.481 e. The molecule has 0 bridgehead atoms. The number of carboxylic acid groups (broad SMARTS) is 1. The fraction of sp³-hybridized carbons (Fsp3) is 0.833. The van der Waals surface area contributed by atoms with Gasteiger partial charge in [0.25, 0.3) is 0 Å². The predicted octanol–water partition coefficient (Wildman–Crippen LogP) is -0.115. The Hall–Kier alpha value is -1.15. The monoisotopic (exact) mass is 306 g/mol. The molecule has 0 radical (unpaired) electrons. The average Bonchev–Trinajstić information content (AvgIpc) is 2.38. The number of carbonyl (C=O) groups excluding carboxylic acids is 1. The van der Waals surface area contributed by atoms with Crippen molar-refractivity contribution in [1.29, 1.82) is 0 Å². The maximum Gasteiger partial charge on any atom is 0.307 e. The van der Waals surface area contributed by atoms with Crippen LogP contribution in [0.3, 0.4) is 0 Å². The Morgan fingerprint density at radius 2 is 1.75 bits per heavy atom. The summed E-state index contributed by atoms with van der Waals surface area (Å²) in [6, 6.07) is 0. The highest BCUT2D eigenvalue weighted by Crippen LogP contribution is 2.30. The molecule has 1 aliphatic rings. The molecule has 1 amide bonds. The second-order valence-electron chi connectivity index (χ2n) is 5.23. The molecule has 7 nitrogen and oxygen atoms in total. The molecule has 1 aliphatic carbocycles. The van der Waals surface area contributed by atoms with Crippen LogP contribution < -0.4 is 5.32 Å². The van der Waals surface area contributed by atoms with E-state index in [1.807, 2.05) is 0 Å². The third-order valence-corrected chi connectivity index (χ3v) is 5.47. The van der Waals surface area contributed by atoms with Crippen molar-refractivity contribution in [1.82, 2.24) is 9.62 Å². The van der Waals surface area contributed by atoms with Gasteiger partial charge in [-0.1, -0.05) is 12.8 Å². The zero-order chi connectivity index (χ0) is 15.3. The van der Waals surface area contributed by atoms with Gasteiger partial charge in [-0.05, 0) is 12.8 Å². The molecular weight excluding hydrogens is 284 g/mol. The van der Waals surface area contributed by atoms with Crippen molar-refractivity contribution in [2.24, 2.45) is 11.8 Å². The Balaban J connectivity index is 2.51.